The van der Waals surface area contributed by atoms with Crippen LogP contribution in [0.2, 0.25) is 0 Å². The minimum atomic E-state index is 0.226. The smallest absolute Gasteiger partial charge is 0.0447 e. The van der Waals surface area contributed by atoms with E-state index in [1.54, 1.807) is 11.8 Å². The zero-order valence-electron chi connectivity index (χ0n) is 11.5. The van der Waals surface area contributed by atoms with Crippen molar-refractivity contribution in [2.75, 3.05) is 24.3 Å². The summed E-state index contributed by atoms with van der Waals surface area (Å²) >= 11 is 1.73. The lowest BCUT2D eigenvalue weighted by molar-refractivity contribution is 0.288. The summed E-state index contributed by atoms with van der Waals surface area (Å²) in [6.45, 7) is 5.98. The van der Waals surface area contributed by atoms with E-state index < -0.39 is 0 Å². The van der Waals surface area contributed by atoms with E-state index in [1.807, 2.05) is 0 Å². The highest BCUT2D eigenvalue weighted by Crippen LogP contribution is 2.30. The molecule has 4 heteroatoms. The molecule has 102 valence electrons. The SMILES string of the molecule is CSc1cccc(N(CCCO)C(C)C)c1CN. The van der Waals surface area contributed by atoms with Crippen molar-refractivity contribution in [3.05, 3.63) is 23.8 Å². The monoisotopic (exact) mass is 268 g/mol. The molecule has 0 aliphatic heterocycles. The summed E-state index contributed by atoms with van der Waals surface area (Å²) in [5, 5.41) is 9.02. The summed E-state index contributed by atoms with van der Waals surface area (Å²) in [6, 6.07) is 6.72. The molecule has 0 fully saturated rings. The summed E-state index contributed by atoms with van der Waals surface area (Å²) in [4.78, 5) is 3.56. The van der Waals surface area contributed by atoms with Crippen LogP contribution in [0.3, 0.4) is 0 Å². The molecule has 0 aliphatic rings. The number of rotatable bonds is 7. The third kappa shape index (κ3) is 3.64. The van der Waals surface area contributed by atoms with Gasteiger partial charge in [0, 0.05) is 41.9 Å². The number of aliphatic hydroxyl groups is 1. The lowest BCUT2D eigenvalue weighted by Gasteiger charge is -2.31. The minimum Gasteiger partial charge on any atom is -0.396 e. The van der Waals surface area contributed by atoms with Gasteiger partial charge in [-0.05, 0) is 38.7 Å². The Morgan fingerprint density at radius 1 is 1.39 bits per heavy atom. The van der Waals surface area contributed by atoms with Gasteiger partial charge in [-0.25, -0.2) is 0 Å². The van der Waals surface area contributed by atoms with Crippen molar-refractivity contribution in [2.45, 2.75) is 37.8 Å². The lowest BCUT2D eigenvalue weighted by Crippen LogP contribution is -2.33. The van der Waals surface area contributed by atoms with Crippen LogP contribution in [0.4, 0.5) is 5.69 Å². The molecule has 0 unspecified atom stereocenters. The molecule has 0 heterocycles. The van der Waals surface area contributed by atoms with E-state index in [0.717, 1.165) is 13.0 Å². The fourth-order valence-electron chi connectivity index (χ4n) is 2.12. The van der Waals surface area contributed by atoms with Crippen LogP contribution in [0.15, 0.2) is 23.1 Å². The Hall–Kier alpha value is -0.710. The van der Waals surface area contributed by atoms with Gasteiger partial charge in [0.1, 0.15) is 0 Å². The van der Waals surface area contributed by atoms with Crippen molar-refractivity contribution >= 4 is 17.4 Å². The van der Waals surface area contributed by atoms with Crippen LogP contribution in [0.25, 0.3) is 0 Å². The Bertz CT molecular complexity index is 369. The number of aliphatic hydroxyl groups excluding tert-OH is 1. The average Bonchev–Trinajstić information content (AvgIpc) is 2.38. The fraction of sp³-hybridized carbons (Fsp3) is 0.571. The van der Waals surface area contributed by atoms with E-state index >= 15 is 0 Å². The lowest BCUT2D eigenvalue weighted by atomic mass is 10.1. The summed E-state index contributed by atoms with van der Waals surface area (Å²) in [6.07, 6.45) is 2.86. The van der Waals surface area contributed by atoms with Gasteiger partial charge in [0.2, 0.25) is 0 Å². The first-order chi connectivity index (χ1) is 8.65. The fourth-order valence-corrected chi connectivity index (χ4v) is 2.77. The third-order valence-electron chi connectivity index (χ3n) is 3.02. The maximum atomic E-state index is 9.02. The van der Waals surface area contributed by atoms with Gasteiger partial charge in [-0.1, -0.05) is 6.07 Å². The highest BCUT2D eigenvalue weighted by molar-refractivity contribution is 7.98. The maximum Gasteiger partial charge on any atom is 0.0447 e. The molecule has 3 N–H and O–H groups in total. The first kappa shape index (κ1) is 15.3. The van der Waals surface area contributed by atoms with E-state index in [2.05, 4.69) is 43.2 Å². The summed E-state index contributed by atoms with van der Waals surface area (Å²) in [5.74, 6) is 0. The third-order valence-corrected chi connectivity index (χ3v) is 3.84. The molecule has 0 aromatic heterocycles. The molecule has 3 nitrogen and oxygen atoms in total. The number of hydrogen-bond donors (Lipinski definition) is 2. The number of nitrogens with two attached hydrogens (primary N) is 1. The molecule has 1 rings (SSSR count). The molecule has 1 aromatic rings. The van der Waals surface area contributed by atoms with Crippen molar-refractivity contribution in [3.8, 4) is 0 Å². The van der Waals surface area contributed by atoms with Gasteiger partial charge in [0.05, 0.1) is 0 Å². The van der Waals surface area contributed by atoms with Gasteiger partial charge in [-0.2, -0.15) is 0 Å². The standard InChI is InChI=1S/C14H24N2OS/c1-11(2)16(8-5-9-17)13-6-4-7-14(18-3)12(13)10-15/h4,6-7,11,17H,5,8-10,15H2,1-3H3. The van der Waals surface area contributed by atoms with Crippen LogP contribution in [0.1, 0.15) is 25.8 Å². The molecule has 0 spiro atoms. The quantitative estimate of drug-likeness (QED) is 0.746. The summed E-state index contributed by atoms with van der Waals surface area (Å²) < 4.78 is 0. The predicted molar refractivity (Wildman–Crippen MR) is 80.3 cm³/mol. The Balaban J connectivity index is 3.10. The van der Waals surface area contributed by atoms with Crippen LogP contribution < -0.4 is 10.6 Å². The molecule has 18 heavy (non-hydrogen) atoms. The van der Waals surface area contributed by atoms with Gasteiger partial charge in [0.25, 0.3) is 0 Å². The summed E-state index contributed by atoms with van der Waals surface area (Å²) in [7, 11) is 0. The number of hydrogen-bond acceptors (Lipinski definition) is 4. The van der Waals surface area contributed by atoms with Crippen LogP contribution in [-0.2, 0) is 6.54 Å². The molecular weight excluding hydrogens is 244 g/mol. The Morgan fingerprint density at radius 2 is 2.11 bits per heavy atom. The molecule has 0 amide bonds. The van der Waals surface area contributed by atoms with Gasteiger partial charge < -0.3 is 15.7 Å². The molecule has 0 saturated carbocycles. The Morgan fingerprint density at radius 3 is 2.61 bits per heavy atom. The molecule has 1 aromatic carbocycles. The number of anilines is 1. The first-order valence-corrected chi connectivity index (χ1v) is 7.61. The van der Waals surface area contributed by atoms with Gasteiger partial charge in [0.15, 0.2) is 0 Å². The largest absolute Gasteiger partial charge is 0.396 e. The van der Waals surface area contributed by atoms with Crippen molar-refractivity contribution in [1.29, 1.82) is 0 Å². The van der Waals surface area contributed by atoms with E-state index in [-0.39, 0.29) is 6.61 Å². The number of thioether (sulfide) groups is 1. The normalized spacial score (nSPS) is 11.0. The van der Waals surface area contributed by atoms with Crippen LogP contribution in [0, 0.1) is 0 Å². The molecule has 0 saturated heterocycles. The minimum absolute atomic E-state index is 0.226. The van der Waals surface area contributed by atoms with E-state index in [9.17, 15) is 0 Å². The highest BCUT2D eigenvalue weighted by Gasteiger charge is 2.15. The average molecular weight is 268 g/mol. The number of nitrogens with zero attached hydrogens (tertiary/aromatic N) is 1. The van der Waals surface area contributed by atoms with E-state index in [1.165, 1.54) is 16.1 Å². The van der Waals surface area contributed by atoms with E-state index in [0.29, 0.717) is 12.6 Å². The first-order valence-electron chi connectivity index (χ1n) is 6.39. The molecule has 0 atom stereocenters. The van der Waals surface area contributed by atoms with Crippen molar-refractivity contribution in [2.24, 2.45) is 5.73 Å². The van der Waals surface area contributed by atoms with Crippen molar-refractivity contribution < 1.29 is 5.11 Å². The van der Waals surface area contributed by atoms with Crippen LogP contribution in [-0.4, -0.2) is 30.6 Å². The molecule has 0 bridgehead atoms. The maximum absolute atomic E-state index is 9.02. The zero-order chi connectivity index (χ0) is 13.5. The van der Waals surface area contributed by atoms with Gasteiger partial charge >= 0.3 is 0 Å². The summed E-state index contributed by atoms with van der Waals surface area (Å²) in [5.41, 5.74) is 8.31. The molecule has 0 aliphatic carbocycles. The predicted octanol–water partition coefficient (Wildman–Crippen LogP) is 2.46. The van der Waals surface area contributed by atoms with Crippen LogP contribution >= 0.6 is 11.8 Å². The molecular formula is C14H24N2OS. The van der Waals surface area contributed by atoms with Crippen molar-refractivity contribution in [1.82, 2.24) is 0 Å². The van der Waals surface area contributed by atoms with Crippen molar-refractivity contribution in [3.63, 3.8) is 0 Å². The molecule has 0 radical (unpaired) electrons. The van der Waals surface area contributed by atoms with E-state index in [4.69, 9.17) is 10.8 Å². The second-order valence-corrected chi connectivity index (χ2v) is 5.37. The second kappa shape index (κ2) is 7.67. The van der Waals surface area contributed by atoms with Crippen LogP contribution in [0.5, 0.6) is 0 Å². The van der Waals surface area contributed by atoms with Gasteiger partial charge in [-0.3, -0.25) is 0 Å². The Kier molecular flexibility index (Phi) is 6.54. The number of benzene rings is 1. The zero-order valence-corrected chi connectivity index (χ0v) is 12.3. The topological polar surface area (TPSA) is 49.5 Å². The van der Waals surface area contributed by atoms with Gasteiger partial charge in [-0.15, -0.1) is 11.8 Å². The Labute approximate surface area is 114 Å². The second-order valence-electron chi connectivity index (χ2n) is 4.53. The highest BCUT2D eigenvalue weighted by atomic mass is 32.2.